The average Bonchev–Trinajstić information content (AvgIpc) is 2.54. The van der Waals surface area contributed by atoms with Gasteiger partial charge in [0.15, 0.2) is 5.78 Å². The van der Waals surface area contributed by atoms with E-state index in [2.05, 4.69) is 23.2 Å². The summed E-state index contributed by atoms with van der Waals surface area (Å²) >= 11 is 0. The number of hydrogen-bond acceptors (Lipinski definition) is 3. The molecule has 0 saturated heterocycles. The van der Waals surface area contributed by atoms with Crippen molar-refractivity contribution < 1.29 is 34.7 Å². The summed E-state index contributed by atoms with van der Waals surface area (Å²) in [6.07, 6.45) is 1.17. The molecule has 0 saturated carbocycles. The quantitative estimate of drug-likeness (QED) is 0.300. The Kier molecular flexibility index (Phi) is 10.2. The van der Waals surface area contributed by atoms with E-state index in [4.69, 9.17) is 5.11 Å². The van der Waals surface area contributed by atoms with Gasteiger partial charge in [-0.3, -0.25) is 14.5 Å². The first kappa shape index (κ1) is 22.6. The van der Waals surface area contributed by atoms with Crippen molar-refractivity contribution in [3.05, 3.63) is 78.6 Å². The second-order valence-corrected chi connectivity index (χ2v) is 5.06. The number of halogens is 1. The van der Waals surface area contributed by atoms with Gasteiger partial charge in [0.1, 0.15) is 0 Å². The first-order valence-corrected chi connectivity index (χ1v) is 7.27. The third-order valence-electron chi connectivity index (χ3n) is 3.00. The van der Waals surface area contributed by atoms with Crippen molar-refractivity contribution in [1.82, 2.24) is 4.98 Å². The number of ketones is 1. The van der Waals surface area contributed by atoms with Gasteiger partial charge in [0, 0.05) is 26.2 Å². The van der Waals surface area contributed by atoms with Gasteiger partial charge in [-0.05, 0) is 31.0 Å². The summed E-state index contributed by atoms with van der Waals surface area (Å²) in [5.74, 6) is -0.0625. The summed E-state index contributed by atoms with van der Waals surface area (Å²) in [6.45, 7) is 2.85. The van der Waals surface area contributed by atoms with E-state index < -0.39 is 0 Å². The maximum absolute atomic E-state index is 10.0. The van der Waals surface area contributed by atoms with Gasteiger partial charge in [0.2, 0.25) is 0 Å². The minimum Gasteiger partial charge on any atom is -0.512 e. The van der Waals surface area contributed by atoms with Crippen LogP contribution < -0.4 is 0 Å². The molecule has 1 aromatic heterocycles. The van der Waals surface area contributed by atoms with E-state index in [0.717, 1.165) is 16.8 Å². The molecule has 1 N–H and O–H groups in total. The molecule has 3 aromatic rings. The van der Waals surface area contributed by atoms with Crippen molar-refractivity contribution >= 4 is 16.7 Å². The van der Waals surface area contributed by atoms with Crippen molar-refractivity contribution in [3.8, 4) is 11.3 Å². The van der Waals surface area contributed by atoms with E-state index in [-0.39, 0.29) is 36.4 Å². The average molecular weight is 517 g/mol. The number of allylic oxidation sites excluding steroid dienone is 2. The number of carbonyl (C=O) groups excluding carboxylic acids is 1. The Labute approximate surface area is 160 Å². The van der Waals surface area contributed by atoms with Crippen LogP contribution in [0.1, 0.15) is 13.8 Å². The zero-order chi connectivity index (χ0) is 16.7. The zero-order valence-corrected chi connectivity index (χ0v) is 16.3. The van der Waals surface area contributed by atoms with Crippen molar-refractivity contribution in [2.45, 2.75) is 13.8 Å². The van der Waals surface area contributed by atoms with Crippen LogP contribution in [-0.4, -0.2) is 15.9 Å². The standard InChI is InChI=1S/C15H10N.C5H8O2.FH.Ir/c1-2-6-12(7-3-1)15-11-10-13-8-4-5-9-14(13)16-15;1-4(6)3-5(2)7;;/h1-6,8-11H;3,6H,1-2H3;1H;/q-1;;;. The maximum Gasteiger partial charge on any atom is 0.155 e. The number of fused-ring (bicyclic) bond motifs is 1. The molecule has 0 spiro atoms. The molecular formula is C20H19FIrNO2-. The predicted octanol–water partition coefficient (Wildman–Crippen LogP) is 4.89. The molecule has 0 unspecified atom stereocenters. The number of aliphatic hydroxyl groups is 1. The number of rotatable bonds is 2. The molecule has 5 heteroatoms. The minimum atomic E-state index is -0.125. The Balaban J connectivity index is 0.000000560. The molecule has 25 heavy (non-hydrogen) atoms. The van der Waals surface area contributed by atoms with Gasteiger partial charge in [0.25, 0.3) is 0 Å². The molecule has 0 bridgehead atoms. The monoisotopic (exact) mass is 517 g/mol. The molecule has 2 aromatic carbocycles. The fourth-order valence-corrected chi connectivity index (χ4v) is 2.06. The Bertz CT molecular complexity index is 831. The molecule has 0 amide bonds. The van der Waals surface area contributed by atoms with Gasteiger partial charge >= 0.3 is 0 Å². The van der Waals surface area contributed by atoms with E-state index in [0.29, 0.717) is 0 Å². The van der Waals surface area contributed by atoms with Gasteiger partial charge in [-0.1, -0.05) is 30.3 Å². The first-order chi connectivity index (χ1) is 11.1. The van der Waals surface area contributed by atoms with Crippen LogP contribution in [0.15, 0.2) is 72.5 Å². The van der Waals surface area contributed by atoms with Crippen LogP contribution in [0.25, 0.3) is 22.2 Å². The summed E-state index contributed by atoms with van der Waals surface area (Å²) in [4.78, 5) is 14.6. The smallest absolute Gasteiger partial charge is 0.155 e. The summed E-state index contributed by atoms with van der Waals surface area (Å²) in [6, 6.07) is 23.4. The molecule has 3 nitrogen and oxygen atoms in total. The van der Waals surface area contributed by atoms with Gasteiger partial charge in [-0.2, -0.15) is 0 Å². The Hall–Kier alpha value is -2.36. The van der Waals surface area contributed by atoms with Crippen LogP contribution in [0.5, 0.6) is 0 Å². The number of aromatic nitrogens is 1. The van der Waals surface area contributed by atoms with Crippen LogP contribution in [0, 0.1) is 6.07 Å². The molecule has 3 rings (SSSR count). The summed E-state index contributed by atoms with van der Waals surface area (Å²) in [7, 11) is 0. The summed E-state index contributed by atoms with van der Waals surface area (Å²) < 4.78 is 0. The number of aliphatic hydroxyl groups excluding tert-OH is 1. The van der Waals surface area contributed by atoms with Gasteiger partial charge in [-0.25, -0.2) is 0 Å². The SMILES string of the molecule is CC(=O)C=C(C)O.F.[Ir].[c-]1ccccc1-c1ccc2ccccc2n1. The Morgan fingerprint density at radius 3 is 2.28 bits per heavy atom. The third-order valence-corrected chi connectivity index (χ3v) is 3.00. The van der Waals surface area contributed by atoms with Crippen molar-refractivity contribution in [1.29, 1.82) is 0 Å². The predicted molar refractivity (Wildman–Crippen MR) is 95.6 cm³/mol. The normalized spacial score (nSPS) is 9.92. The second-order valence-electron chi connectivity index (χ2n) is 5.06. The van der Waals surface area contributed by atoms with E-state index in [9.17, 15) is 4.79 Å². The number of hydrogen-bond donors (Lipinski definition) is 1. The van der Waals surface area contributed by atoms with Gasteiger partial charge in [-0.15, -0.1) is 35.9 Å². The summed E-state index contributed by atoms with van der Waals surface area (Å²) in [5, 5.41) is 9.53. The Morgan fingerprint density at radius 2 is 1.72 bits per heavy atom. The van der Waals surface area contributed by atoms with Gasteiger partial charge < -0.3 is 5.11 Å². The van der Waals surface area contributed by atoms with Crippen LogP contribution in [0.3, 0.4) is 0 Å². The molecule has 1 heterocycles. The molecule has 0 fully saturated rings. The van der Waals surface area contributed by atoms with E-state index >= 15 is 0 Å². The van der Waals surface area contributed by atoms with Crippen molar-refractivity contribution in [2.24, 2.45) is 0 Å². The van der Waals surface area contributed by atoms with Crippen LogP contribution >= 0.6 is 0 Å². The van der Waals surface area contributed by atoms with E-state index in [1.54, 1.807) is 0 Å². The molecular weight excluding hydrogens is 497 g/mol. The molecule has 133 valence electrons. The maximum atomic E-state index is 10.0. The molecule has 0 aliphatic carbocycles. The number of carbonyl (C=O) groups is 1. The van der Waals surface area contributed by atoms with Crippen molar-refractivity contribution in [2.75, 3.05) is 0 Å². The van der Waals surface area contributed by atoms with Crippen LogP contribution in [0.2, 0.25) is 0 Å². The van der Waals surface area contributed by atoms with E-state index in [1.165, 1.54) is 25.3 Å². The topological polar surface area (TPSA) is 50.2 Å². The number of pyridine rings is 1. The number of nitrogens with zero attached hydrogens (tertiary/aromatic N) is 1. The zero-order valence-electron chi connectivity index (χ0n) is 13.9. The largest absolute Gasteiger partial charge is 0.512 e. The van der Waals surface area contributed by atoms with Crippen LogP contribution in [0.4, 0.5) is 4.70 Å². The molecule has 0 atom stereocenters. The van der Waals surface area contributed by atoms with E-state index in [1.807, 2.05) is 48.5 Å². The Morgan fingerprint density at radius 1 is 1.04 bits per heavy atom. The fraction of sp³-hybridized carbons (Fsp3) is 0.100. The van der Waals surface area contributed by atoms with Crippen LogP contribution in [-0.2, 0) is 24.9 Å². The number of benzene rings is 2. The molecule has 1 radical (unpaired) electrons. The van der Waals surface area contributed by atoms with Gasteiger partial charge in [0.05, 0.1) is 11.3 Å². The summed E-state index contributed by atoms with van der Waals surface area (Å²) in [5.41, 5.74) is 3.03. The first-order valence-electron chi connectivity index (χ1n) is 7.27. The second kappa shape index (κ2) is 11.2. The third kappa shape index (κ3) is 7.38. The fourth-order valence-electron chi connectivity index (χ4n) is 2.06. The van der Waals surface area contributed by atoms with Crippen molar-refractivity contribution in [3.63, 3.8) is 0 Å². The number of para-hydroxylation sites is 1. The molecule has 0 aliphatic heterocycles. The molecule has 0 aliphatic rings. The minimum absolute atomic E-state index is 0.